The summed E-state index contributed by atoms with van der Waals surface area (Å²) in [6, 6.07) is 5.41. The number of hydrogen-bond acceptors (Lipinski definition) is 3. The highest BCUT2D eigenvalue weighted by Gasteiger charge is 2.18. The van der Waals surface area contributed by atoms with E-state index in [1.54, 1.807) is 18.3 Å². The maximum atomic E-state index is 12.3. The lowest BCUT2D eigenvalue weighted by atomic mass is 10.1. The number of aromatic amines is 1. The number of fused-ring (bicyclic) bond motifs is 1. The summed E-state index contributed by atoms with van der Waals surface area (Å²) in [5, 5.41) is 0. The Bertz CT molecular complexity index is 750. The Morgan fingerprint density at radius 1 is 1.29 bits per heavy atom. The van der Waals surface area contributed by atoms with Gasteiger partial charge >= 0.3 is 0 Å². The molecule has 0 spiro atoms. The Kier molecular flexibility index (Phi) is 3.82. The number of H-pyrrole nitrogens is 1. The predicted molar refractivity (Wildman–Crippen MR) is 80.5 cm³/mol. The minimum Gasteiger partial charge on any atom is -0.345 e. The van der Waals surface area contributed by atoms with Crippen LogP contribution >= 0.6 is 0 Å². The molecule has 6 heteroatoms. The number of rotatable bonds is 5. The fourth-order valence-corrected chi connectivity index (χ4v) is 3.68. The molecule has 0 amide bonds. The van der Waals surface area contributed by atoms with E-state index in [9.17, 15) is 8.42 Å². The van der Waals surface area contributed by atoms with Gasteiger partial charge in [0.2, 0.25) is 10.0 Å². The highest BCUT2D eigenvalue weighted by Crippen LogP contribution is 2.24. The summed E-state index contributed by atoms with van der Waals surface area (Å²) in [6.07, 6.45) is 5.72. The number of benzene rings is 1. The summed E-state index contributed by atoms with van der Waals surface area (Å²) in [4.78, 5) is 7.59. The molecule has 0 fully saturated rings. The number of nitrogens with zero attached hydrogens (tertiary/aromatic N) is 1. The standard InChI is InChI=1S/C15H19N3O2S/c1-2-13-9-16-15(18-13)10-17-21(19,20)14-7-6-11-4-3-5-12(11)8-14/h6-9,17H,2-5,10H2,1H3,(H,16,18). The molecule has 0 unspecified atom stereocenters. The van der Waals surface area contributed by atoms with E-state index in [1.165, 1.54) is 5.56 Å². The van der Waals surface area contributed by atoms with Crippen LogP contribution in [0.3, 0.4) is 0 Å². The van der Waals surface area contributed by atoms with Crippen LogP contribution < -0.4 is 4.72 Å². The van der Waals surface area contributed by atoms with E-state index in [4.69, 9.17) is 0 Å². The monoisotopic (exact) mass is 305 g/mol. The molecule has 1 heterocycles. The molecule has 0 saturated heterocycles. The number of imidazole rings is 1. The maximum Gasteiger partial charge on any atom is 0.240 e. The Labute approximate surface area is 124 Å². The first kappa shape index (κ1) is 14.3. The summed E-state index contributed by atoms with van der Waals surface area (Å²) >= 11 is 0. The van der Waals surface area contributed by atoms with E-state index in [0.29, 0.717) is 10.7 Å². The first-order valence-electron chi connectivity index (χ1n) is 7.22. The van der Waals surface area contributed by atoms with Crippen LogP contribution in [0.15, 0.2) is 29.3 Å². The molecule has 0 aliphatic heterocycles. The summed E-state index contributed by atoms with van der Waals surface area (Å²) in [5.74, 6) is 0.636. The molecule has 1 aliphatic rings. The zero-order valence-electron chi connectivity index (χ0n) is 12.0. The van der Waals surface area contributed by atoms with Gasteiger partial charge in [-0.15, -0.1) is 0 Å². The molecule has 2 aromatic rings. The van der Waals surface area contributed by atoms with Crippen molar-refractivity contribution < 1.29 is 8.42 Å². The molecular weight excluding hydrogens is 286 g/mol. The van der Waals surface area contributed by atoms with Crippen LogP contribution in [-0.2, 0) is 35.8 Å². The molecule has 0 bridgehead atoms. The third-order valence-corrected chi connectivity index (χ3v) is 5.27. The van der Waals surface area contributed by atoms with E-state index in [1.807, 2.05) is 13.0 Å². The van der Waals surface area contributed by atoms with Gasteiger partial charge in [-0.05, 0) is 48.9 Å². The van der Waals surface area contributed by atoms with E-state index in [2.05, 4.69) is 14.7 Å². The van der Waals surface area contributed by atoms with E-state index in [0.717, 1.165) is 36.9 Å². The number of aryl methyl sites for hydroxylation is 3. The lowest BCUT2D eigenvalue weighted by Crippen LogP contribution is -2.24. The van der Waals surface area contributed by atoms with Crippen molar-refractivity contribution in [3.63, 3.8) is 0 Å². The molecule has 3 rings (SSSR count). The van der Waals surface area contributed by atoms with Gasteiger partial charge in [0, 0.05) is 11.9 Å². The third kappa shape index (κ3) is 3.01. The SMILES string of the molecule is CCc1cnc(CNS(=O)(=O)c2ccc3c(c2)CCC3)[nH]1. The van der Waals surface area contributed by atoms with E-state index < -0.39 is 10.0 Å². The van der Waals surface area contributed by atoms with Gasteiger partial charge in [0.15, 0.2) is 0 Å². The summed E-state index contributed by atoms with van der Waals surface area (Å²) in [5.41, 5.74) is 3.43. The average Bonchev–Trinajstić information content (AvgIpc) is 3.13. The molecule has 1 aromatic heterocycles. The van der Waals surface area contributed by atoms with Crippen molar-refractivity contribution in [1.82, 2.24) is 14.7 Å². The molecule has 0 atom stereocenters. The molecule has 112 valence electrons. The van der Waals surface area contributed by atoms with Crippen molar-refractivity contribution in [2.24, 2.45) is 0 Å². The number of sulfonamides is 1. The summed E-state index contributed by atoms with van der Waals surface area (Å²) in [7, 11) is -3.49. The van der Waals surface area contributed by atoms with Gasteiger partial charge in [-0.25, -0.2) is 18.1 Å². The van der Waals surface area contributed by atoms with Gasteiger partial charge in [0.25, 0.3) is 0 Å². The molecule has 0 saturated carbocycles. The van der Waals surface area contributed by atoms with Crippen LogP contribution in [0.2, 0.25) is 0 Å². The van der Waals surface area contributed by atoms with Gasteiger partial charge in [-0.3, -0.25) is 0 Å². The van der Waals surface area contributed by atoms with Crippen molar-refractivity contribution in [1.29, 1.82) is 0 Å². The van der Waals surface area contributed by atoms with Crippen molar-refractivity contribution in [2.75, 3.05) is 0 Å². The smallest absolute Gasteiger partial charge is 0.240 e. The molecule has 5 nitrogen and oxygen atoms in total. The molecule has 1 aromatic carbocycles. The second-order valence-electron chi connectivity index (χ2n) is 5.32. The fraction of sp³-hybridized carbons (Fsp3) is 0.400. The van der Waals surface area contributed by atoms with Crippen molar-refractivity contribution >= 4 is 10.0 Å². The van der Waals surface area contributed by atoms with Crippen LogP contribution in [-0.4, -0.2) is 18.4 Å². The lowest BCUT2D eigenvalue weighted by molar-refractivity contribution is 0.579. The quantitative estimate of drug-likeness (QED) is 0.886. The molecular formula is C15H19N3O2S. The number of aromatic nitrogens is 2. The Morgan fingerprint density at radius 2 is 2.10 bits per heavy atom. The second kappa shape index (κ2) is 5.61. The predicted octanol–water partition coefficient (Wildman–Crippen LogP) is 1.94. The third-order valence-electron chi connectivity index (χ3n) is 3.87. The summed E-state index contributed by atoms with van der Waals surface area (Å²) in [6.45, 7) is 2.20. The number of nitrogens with one attached hydrogen (secondary N) is 2. The minimum absolute atomic E-state index is 0.180. The van der Waals surface area contributed by atoms with E-state index in [-0.39, 0.29) is 6.54 Å². The summed E-state index contributed by atoms with van der Waals surface area (Å²) < 4.78 is 27.3. The first-order chi connectivity index (χ1) is 10.1. The average molecular weight is 305 g/mol. The normalized spacial score (nSPS) is 14.3. The molecule has 2 N–H and O–H groups in total. The van der Waals surface area contributed by atoms with Crippen LogP contribution in [0.1, 0.15) is 36.0 Å². The van der Waals surface area contributed by atoms with Gasteiger partial charge < -0.3 is 4.98 Å². The molecule has 21 heavy (non-hydrogen) atoms. The maximum absolute atomic E-state index is 12.3. The Morgan fingerprint density at radius 3 is 2.86 bits per heavy atom. The van der Waals surface area contributed by atoms with Crippen molar-refractivity contribution in [3.8, 4) is 0 Å². The Hall–Kier alpha value is -1.66. The highest BCUT2D eigenvalue weighted by atomic mass is 32.2. The lowest BCUT2D eigenvalue weighted by Gasteiger charge is -2.07. The zero-order valence-corrected chi connectivity index (χ0v) is 12.8. The molecule has 0 radical (unpaired) electrons. The van der Waals surface area contributed by atoms with Crippen LogP contribution in [0.5, 0.6) is 0 Å². The van der Waals surface area contributed by atoms with Crippen LogP contribution in [0, 0.1) is 0 Å². The largest absolute Gasteiger partial charge is 0.345 e. The highest BCUT2D eigenvalue weighted by molar-refractivity contribution is 7.89. The number of hydrogen-bond donors (Lipinski definition) is 2. The fourth-order valence-electron chi connectivity index (χ4n) is 2.64. The van der Waals surface area contributed by atoms with E-state index >= 15 is 0 Å². The van der Waals surface area contributed by atoms with Gasteiger partial charge in [0.05, 0.1) is 11.4 Å². The first-order valence-corrected chi connectivity index (χ1v) is 8.71. The minimum atomic E-state index is -3.49. The van der Waals surface area contributed by atoms with Crippen LogP contribution in [0.25, 0.3) is 0 Å². The zero-order chi connectivity index (χ0) is 14.9. The van der Waals surface area contributed by atoms with Crippen molar-refractivity contribution in [3.05, 3.63) is 47.0 Å². The second-order valence-corrected chi connectivity index (χ2v) is 7.08. The van der Waals surface area contributed by atoms with Gasteiger partial charge in [-0.2, -0.15) is 0 Å². The topological polar surface area (TPSA) is 74.8 Å². The van der Waals surface area contributed by atoms with Crippen LogP contribution in [0.4, 0.5) is 0 Å². The van der Waals surface area contributed by atoms with Crippen molar-refractivity contribution in [2.45, 2.75) is 44.0 Å². The Balaban J connectivity index is 1.74. The molecule has 1 aliphatic carbocycles. The van der Waals surface area contributed by atoms with Gasteiger partial charge in [0.1, 0.15) is 5.82 Å². The van der Waals surface area contributed by atoms with Gasteiger partial charge in [-0.1, -0.05) is 13.0 Å².